The second-order valence-corrected chi connectivity index (χ2v) is 5.14. The molecule has 2 aromatic rings. The highest BCUT2D eigenvalue weighted by Crippen LogP contribution is 2.15. The van der Waals surface area contributed by atoms with Crippen LogP contribution in [0.15, 0.2) is 42.7 Å². The second-order valence-electron chi connectivity index (χ2n) is 5.14. The fourth-order valence-electron chi connectivity index (χ4n) is 1.77. The molecule has 0 atom stereocenters. The maximum Gasteiger partial charge on any atom is 0.224 e. The Kier molecular flexibility index (Phi) is 4.82. The molecule has 1 amide bonds. The maximum absolute atomic E-state index is 11.7. The van der Waals surface area contributed by atoms with Crippen molar-refractivity contribution in [2.75, 3.05) is 5.32 Å². The van der Waals surface area contributed by atoms with E-state index in [9.17, 15) is 4.79 Å². The normalized spacial score (nSPS) is 10.6. The molecular formula is C16H19N3O. The third-order valence-electron chi connectivity index (χ3n) is 2.92. The fraction of sp³-hybridized carbons (Fsp3) is 0.312. The zero-order valence-corrected chi connectivity index (χ0v) is 11.8. The Morgan fingerprint density at radius 2 is 1.80 bits per heavy atom. The Balaban J connectivity index is 1.97. The minimum Gasteiger partial charge on any atom is -0.323 e. The van der Waals surface area contributed by atoms with Crippen LogP contribution in [0.4, 0.5) is 5.69 Å². The maximum atomic E-state index is 11.7. The number of rotatable bonds is 5. The largest absolute Gasteiger partial charge is 0.323 e. The summed E-state index contributed by atoms with van der Waals surface area (Å²) >= 11 is 0. The number of nitrogens with zero attached hydrogens (tertiary/aromatic N) is 2. The van der Waals surface area contributed by atoms with Gasteiger partial charge in [0.05, 0.1) is 18.1 Å². The predicted octanol–water partition coefficient (Wildman–Crippen LogP) is 3.52. The molecule has 2 rings (SSSR count). The van der Waals surface area contributed by atoms with Gasteiger partial charge in [-0.05, 0) is 12.3 Å². The van der Waals surface area contributed by atoms with Gasteiger partial charge in [0.1, 0.15) is 0 Å². The van der Waals surface area contributed by atoms with Gasteiger partial charge in [-0.25, -0.2) is 9.97 Å². The van der Waals surface area contributed by atoms with Gasteiger partial charge in [-0.2, -0.15) is 0 Å². The van der Waals surface area contributed by atoms with E-state index in [2.05, 4.69) is 29.1 Å². The molecule has 0 saturated heterocycles. The average Bonchev–Trinajstić information content (AvgIpc) is 2.47. The summed E-state index contributed by atoms with van der Waals surface area (Å²) in [5.41, 5.74) is 1.60. The molecule has 0 spiro atoms. The molecule has 4 heteroatoms. The van der Waals surface area contributed by atoms with Crippen LogP contribution in [0.2, 0.25) is 0 Å². The molecule has 104 valence electrons. The van der Waals surface area contributed by atoms with Crippen molar-refractivity contribution in [1.82, 2.24) is 9.97 Å². The van der Waals surface area contributed by atoms with Crippen LogP contribution in [0.3, 0.4) is 0 Å². The molecule has 0 aliphatic carbocycles. The highest BCUT2D eigenvalue weighted by molar-refractivity contribution is 5.90. The van der Waals surface area contributed by atoms with Crippen LogP contribution in [0.5, 0.6) is 0 Å². The standard InChI is InChI=1S/C16H19N3O/c1-12(2)8-9-15(20)19-14-10-17-16(18-11-14)13-6-4-3-5-7-13/h3-7,10-12H,8-9H2,1-2H3,(H,19,20). The van der Waals surface area contributed by atoms with Crippen molar-refractivity contribution in [2.45, 2.75) is 26.7 Å². The Labute approximate surface area is 119 Å². The highest BCUT2D eigenvalue weighted by atomic mass is 16.1. The van der Waals surface area contributed by atoms with Gasteiger partial charge in [-0.1, -0.05) is 44.2 Å². The Hall–Kier alpha value is -2.23. The number of carbonyl (C=O) groups excluding carboxylic acids is 1. The summed E-state index contributed by atoms with van der Waals surface area (Å²) in [4.78, 5) is 20.2. The SMILES string of the molecule is CC(C)CCC(=O)Nc1cnc(-c2ccccc2)nc1. The number of amides is 1. The van der Waals surface area contributed by atoms with Gasteiger partial charge in [-0.15, -0.1) is 0 Å². The number of aromatic nitrogens is 2. The van der Waals surface area contributed by atoms with Gasteiger partial charge in [0, 0.05) is 12.0 Å². The summed E-state index contributed by atoms with van der Waals surface area (Å²) < 4.78 is 0. The summed E-state index contributed by atoms with van der Waals surface area (Å²) in [7, 11) is 0. The Morgan fingerprint density at radius 1 is 1.15 bits per heavy atom. The van der Waals surface area contributed by atoms with Gasteiger partial charge in [0.25, 0.3) is 0 Å². The van der Waals surface area contributed by atoms with Gasteiger partial charge in [0.15, 0.2) is 5.82 Å². The molecule has 1 aromatic heterocycles. The number of nitrogens with one attached hydrogen (secondary N) is 1. The molecule has 0 aliphatic rings. The minimum absolute atomic E-state index is 0.00904. The van der Waals surface area contributed by atoms with Crippen LogP contribution < -0.4 is 5.32 Å². The van der Waals surface area contributed by atoms with Crippen molar-refractivity contribution >= 4 is 11.6 Å². The summed E-state index contributed by atoms with van der Waals surface area (Å²) in [6.45, 7) is 4.20. The van der Waals surface area contributed by atoms with Gasteiger partial charge < -0.3 is 5.32 Å². The lowest BCUT2D eigenvalue weighted by molar-refractivity contribution is -0.116. The van der Waals surface area contributed by atoms with Crippen molar-refractivity contribution in [3.63, 3.8) is 0 Å². The number of anilines is 1. The zero-order valence-electron chi connectivity index (χ0n) is 11.8. The molecule has 1 aromatic carbocycles. The van der Waals surface area contributed by atoms with Crippen molar-refractivity contribution in [2.24, 2.45) is 5.92 Å². The van der Waals surface area contributed by atoms with Gasteiger partial charge in [-0.3, -0.25) is 4.79 Å². The van der Waals surface area contributed by atoms with Crippen LogP contribution in [0, 0.1) is 5.92 Å². The summed E-state index contributed by atoms with van der Waals surface area (Å²) in [5.74, 6) is 1.19. The summed E-state index contributed by atoms with van der Waals surface area (Å²) in [6, 6.07) is 9.75. The molecule has 1 N–H and O–H groups in total. The van der Waals surface area contributed by atoms with E-state index >= 15 is 0 Å². The van der Waals surface area contributed by atoms with E-state index in [1.165, 1.54) is 0 Å². The molecule has 0 saturated carbocycles. The van der Waals surface area contributed by atoms with Gasteiger partial charge in [0.2, 0.25) is 5.91 Å². The van der Waals surface area contributed by atoms with E-state index in [-0.39, 0.29) is 5.91 Å². The Morgan fingerprint density at radius 3 is 2.40 bits per heavy atom. The zero-order chi connectivity index (χ0) is 14.4. The van der Waals surface area contributed by atoms with Crippen molar-refractivity contribution < 1.29 is 4.79 Å². The van der Waals surface area contributed by atoms with Crippen LogP contribution in [0.25, 0.3) is 11.4 Å². The number of benzene rings is 1. The minimum atomic E-state index is 0.00904. The molecule has 0 unspecified atom stereocenters. The monoisotopic (exact) mass is 269 g/mol. The van der Waals surface area contributed by atoms with Crippen LogP contribution in [-0.4, -0.2) is 15.9 Å². The van der Waals surface area contributed by atoms with Crippen LogP contribution in [-0.2, 0) is 4.79 Å². The predicted molar refractivity (Wildman–Crippen MR) is 80.2 cm³/mol. The number of carbonyl (C=O) groups is 1. The lowest BCUT2D eigenvalue weighted by Gasteiger charge is -2.07. The van der Waals surface area contributed by atoms with Gasteiger partial charge >= 0.3 is 0 Å². The lowest BCUT2D eigenvalue weighted by atomic mass is 10.1. The number of hydrogen-bond acceptors (Lipinski definition) is 3. The topological polar surface area (TPSA) is 54.9 Å². The van der Waals surface area contributed by atoms with Crippen molar-refractivity contribution in [1.29, 1.82) is 0 Å². The Bertz CT molecular complexity index is 550. The van der Waals surface area contributed by atoms with E-state index in [4.69, 9.17) is 0 Å². The molecule has 20 heavy (non-hydrogen) atoms. The van der Waals surface area contributed by atoms with Crippen molar-refractivity contribution in [3.8, 4) is 11.4 Å². The first kappa shape index (κ1) is 14.2. The molecule has 0 fully saturated rings. The molecular weight excluding hydrogens is 250 g/mol. The average molecular weight is 269 g/mol. The fourth-order valence-corrected chi connectivity index (χ4v) is 1.77. The third kappa shape index (κ3) is 4.16. The molecule has 4 nitrogen and oxygen atoms in total. The summed E-state index contributed by atoms with van der Waals surface area (Å²) in [6.07, 6.45) is 4.69. The lowest BCUT2D eigenvalue weighted by Crippen LogP contribution is -2.12. The quantitative estimate of drug-likeness (QED) is 0.903. The molecule has 1 heterocycles. The van der Waals surface area contributed by atoms with E-state index in [1.54, 1.807) is 12.4 Å². The van der Waals surface area contributed by atoms with Crippen LogP contribution in [0.1, 0.15) is 26.7 Å². The summed E-state index contributed by atoms with van der Waals surface area (Å²) in [5, 5.41) is 2.81. The molecule has 0 bridgehead atoms. The molecule has 0 aliphatic heterocycles. The van der Waals surface area contributed by atoms with E-state index in [0.717, 1.165) is 12.0 Å². The molecule has 0 radical (unpaired) electrons. The first-order valence-corrected chi connectivity index (χ1v) is 6.82. The number of hydrogen-bond donors (Lipinski definition) is 1. The van der Waals surface area contributed by atoms with E-state index in [1.807, 2.05) is 30.3 Å². The van der Waals surface area contributed by atoms with E-state index < -0.39 is 0 Å². The van der Waals surface area contributed by atoms with Crippen LogP contribution >= 0.6 is 0 Å². The first-order valence-electron chi connectivity index (χ1n) is 6.82. The third-order valence-corrected chi connectivity index (χ3v) is 2.92. The first-order chi connectivity index (χ1) is 9.65. The smallest absolute Gasteiger partial charge is 0.224 e. The van der Waals surface area contributed by atoms with E-state index in [0.29, 0.717) is 23.9 Å². The highest BCUT2D eigenvalue weighted by Gasteiger charge is 2.05. The van der Waals surface area contributed by atoms with Crippen molar-refractivity contribution in [3.05, 3.63) is 42.7 Å². The second kappa shape index (κ2) is 6.80.